The van der Waals surface area contributed by atoms with Gasteiger partial charge in [-0.2, -0.15) is 0 Å². The first kappa shape index (κ1) is 34.8. The predicted molar refractivity (Wildman–Crippen MR) is 169 cm³/mol. The Balaban J connectivity index is 1.16. The lowest BCUT2D eigenvalue weighted by atomic mass is 9.45. The number of phenols is 1. The normalized spacial score (nSPS) is 33.4. The lowest BCUT2D eigenvalue weighted by molar-refractivity contribution is -0.184. The molecule has 4 aliphatic carbocycles. The van der Waals surface area contributed by atoms with E-state index in [-0.39, 0.29) is 73.4 Å². The van der Waals surface area contributed by atoms with E-state index in [1.54, 1.807) is 25.1 Å². The predicted octanol–water partition coefficient (Wildman–Crippen LogP) is 3.11. The third-order valence-corrected chi connectivity index (χ3v) is 11.7. The number of phenolic OH excluding ortho intramolecular Hbond substituents is 1. The van der Waals surface area contributed by atoms with E-state index in [2.05, 4.69) is 12.2 Å². The van der Waals surface area contributed by atoms with Crippen molar-refractivity contribution in [3.05, 3.63) is 41.5 Å². The third kappa shape index (κ3) is 6.61. The largest absolute Gasteiger partial charge is 0.508 e. The second-order valence-electron chi connectivity index (χ2n) is 14.3. The van der Waals surface area contributed by atoms with E-state index in [1.165, 1.54) is 12.1 Å². The number of hydrogen-bond acceptors (Lipinski definition) is 10. The molecule has 8 atom stereocenters. The Hall–Kier alpha value is -3.57. The van der Waals surface area contributed by atoms with Gasteiger partial charge in [0, 0.05) is 24.7 Å². The van der Waals surface area contributed by atoms with Crippen LogP contribution in [0.1, 0.15) is 84.1 Å². The van der Waals surface area contributed by atoms with Gasteiger partial charge in [0.1, 0.15) is 17.4 Å². The molecule has 47 heavy (non-hydrogen) atoms. The zero-order valence-electron chi connectivity index (χ0n) is 27.5. The number of aromatic hydroxyl groups is 1. The van der Waals surface area contributed by atoms with Gasteiger partial charge in [-0.25, -0.2) is 4.79 Å². The highest BCUT2D eigenvalue weighted by Gasteiger charge is 2.68. The number of nitrogens with one attached hydrogen (secondary N) is 1. The molecule has 0 spiro atoms. The van der Waals surface area contributed by atoms with Crippen molar-refractivity contribution in [3.8, 4) is 5.75 Å². The minimum absolute atomic E-state index is 0.00540. The summed E-state index contributed by atoms with van der Waals surface area (Å²) < 4.78 is 10.3. The molecule has 1 amide bonds. The van der Waals surface area contributed by atoms with Crippen LogP contribution in [0.5, 0.6) is 5.75 Å². The minimum Gasteiger partial charge on any atom is -0.508 e. The molecule has 1 aromatic carbocycles. The Morgan fingerprint density at radius 2 is 1.74 bits per heavy atom. The number of rotatable bonds is 11. The van der Waals surface area contributed by atoms with E-state index < -0.39 is 53.4 Å². The van der Waals surface area contributed by atoms with E-state index in [1.807, 2.05) is 6.92 Å². The van der Waals surface area contributed by atoms with Crippen LogP contribution in [0.25, 0.3) is 0 Å². The van der Waals surface area contributed by atoms with Gasteiger partial charge >= 0.3 is 11.9 Å². The molecule has 256 valence electrons. The SMILES string of the molecule is CCOC(=O)[C@H](Cc1ccc(O)cc1)NC(=O)CCC(=O)OCC(=O)[C@@]1(O)CC[C@@H]2[C@@H]3CCC4=CC(=O)CC[C@]4(C)[C@H]3[C@@H](O)C[C@@]21C. The lowest BCUT2D eigenvalue weighted by Crippen LogP contribution is -2.62. The van der Waals surface area contributed by atoms with Crippen LogP contribution in [0.15, 0.2) is 35.9 Å². The highest BCUT2D eigenvalue weighted by atomic mass is 16.5. The molecule has 4 N–H and O–H groups in total. The quantitative estimate of drug-likeness (QED) is 0.260. The van der Waals surface area contributed by atoms with E-state index in [9.17, 15) is 39.3 Å². The van der Waals surface area contributed by atoms with Crippen molar-refractivity contribution >= 4 is 29.4 Å². The monoisotopic (exact) mass is 653 g/mol. The Morgan fingerprint density at radius 1 is 1.02 bits per heavy atom. The lowest BCUT2D eigenvalue weighted by Gasteiger charge is -2.60. The molecule has 3 fully saturated rings. The summed E-state index contributed by atoms with van der Waals surface area (Å²) >= 11 is 0. The second-order valence-corrected chi connectivity index (χ2v) is 14.3. The van der Waals surface area contributed by atoms with Crippen molar-refractivity contribution in [1.82, 2.24) is 5.32 Å². The number of ketones is 2. The number of ether oxygens (including phenoxy) is 2. The summed E-state index contributed by atoms with van der Waals surface area (Å²) in [5, 5.41) is 35.5. The van der Waals surface area contributed by atoms with Gasteiger partial charge in [0.25, 0.3) is 0 Å². The van der Waals surface area contributed by atoms with Gasteiger partial charge in [-0.15, -0.1) is 0 Å². The average Bonchev–Trinajstić information content (AvgIpc) is 3.30. The summed E-state index contributed by atoms with van der Waals surface area (Å²) in [6.07, 6.45) is 4.24. The van der Waals surface area contributed by atoms with Gasteiger partial charge in [0.15, 0.2) is 12.4 Å². The maximum atomic E-state index is 13.5. The van der Waals surface area contributed by atoms with Crippen molar-refractivity contribution in [2.24, 2.45) is 28.6 Å². The number of Topliss-reactive ketones (excluding diaryl/α,β-unsaturated/α-hetero) is 1. The second kappa shape index (κ2) is 13.5. The van der Waals surface area contributed by atoms with Crippen LogP contribution in [0.4, 0.5) is 0 Å². The van der Waals surface area contributed by atoms with E-state index in [0.717, 1.165) is 18.4 Å². The fourth-order valence-corrected chi connectivity index (χ4v) is 9.27. The number of carbonyl (C=O) groups excluding carboxylic acids is 5. The number of esters is 2. The van der Waals surface area contributed by atoms with Crippen LogP contribution in [0, 0.1) is 28.6 Å². The highest BCUT2D eigenvalue weighted by molar-refractivity contribution is 5.92. The molecule has 5 rings (SSSR count). The van der Waals surface area contributed by atoms with E-state index in [0.29, 0.717) is 24.8 Å². The topological polar surface area (TPSA) is 177 Å². The van der Waals surface area contributed by atoms with Gasteiger partial charge < -0.3 is 30.1 Å². The third-order valence-electron chi connectivity index (χ3n) is 11.7. The molecular weight excluding hydrogens is 606 g/mol. The number of benzene rings is 1. The molecule has 0 aromatic heterocycles. The zero-order chi connectivity index (χ0) is 34.1. The summed E-state index contributed by atoms with van der Waals surface area (Å²) in [4.78, 5) is 63.4. The molecule has 3 saturated carbocycles. The highest BCUT2D eigenvalue weighted by Crippen LogP contribution is 2.67. The Kier molecular flexibility index (Phi) is 9.99. The molecule has 4 aliphatic rings. The van der Waals surface area contributed by atoms with Crippen molar-refractivity contribution in [2.75, 3.05) is 13.2 Å². The molecule has 0 bridgehead atoms. The number of carbonyl (C=O) groups is 5. The smallest absolute Gasteiger partial charge is 0.328 e. The molecule has 0 aliphatic heterocycles. The first-order valence-electron chi connectivity index (χ1n) is 16.8. The van der Waals surface area contributed by atoms with Crippen LogP contribution in [0.2, 0.25) is 0 Å². The number of fused-ring (bicyclic) bond motifs is 5. The molecule has 0 radical (unpaired) electrons. The molecule has 11 heteroatoms. The van der Waals surface area contributed by atoms with Crippen molar-refractivity contribution in [1.29, 1.82) is 0 Å². The standard InChI is InChI=1S/C36H47NO10/c1-4-46-33(44)27(17-21-5-8-23(38)9-6-21)37-30(42)11-12-31(43)47-20-29(41)36(45)16-14-26-25-10-7-22-18-24(39)13-15-34(22,2)32(25)28(40)19-35(26,36)3/h5-6,8-9,18,25-28,32,38,40,45H,4,7,10-17,19-20H2,1-3H3,(H,37,42)/t25-,26+,27-,28-,32+,34-,35-,36-/m0/s1. The van der Waals surface area contributed by atoms with Crippen molar-refractivity contribution in [3.63, 3.8) is 0 Å². The zero-order valence-corrected chi connectivity index (χ0v) is 27.5. The number of aliphatic hydroxyl groups excluding tert-OH is 1. The average molecular weight is 654 g/mol. The molecule has 1 aromatic rings. The summed E-state index contributed by atoms with van der Waals surface area (Å²) in [6, 6.07) is 5.18. The first-order chi connectivity index (χ1) is 22.2. The summed E-state index contributed by atoms with van der Waals surface area (Å²) in [7, 11) is 0. The molecule has 0 unspecified atom stereocenters. The number of amides is 1. The Morgan fingerprint density at radius 3 is 2.45 bits per heavy atom. The maximum absolute atomic E-state index is 13.5. The van der Waals surface area contributed by atoms with Gasteiger partial charge in [-0.05, 0) is 92.4 Å². The molecule has 0 heterocycles. The molecular formula is C36H47NO10. The van der Waals surface area contributed by atoms with Crippen LogP contribution < -0.4 is 5.32 Å². The maximum Gasteiger partial charge on any atom is 0.328 e. The fraction of sp³-hybridized carbons (Fsp3) is 0.639. The summed E-state index contributed by atoms with van der Waals surface area (Å²) in [5.74, 6) is -2.40. The number of allylic oxidation sites excluding steroid dienone is 1. The number of hydrogen-bond donors (Lipinski definition) is 4. The summed E-state index contributed by atoms with van der Waals surface area (Å²) in [6.45, 7) is 5.13. The molecule has 0 saturated heterocycles. The minimum atomic E-state index is -1.78. The molecule has 11 nitrogen and oxygen atoms in total. The van der Waals surface area contributed by atoms with Gasteiger partial charge in [-0.1, -0.05) is 31.6 Å². The van der Waals surface area contributed by atoms with Crippen molar-refractivity contribution in [2.45, 2.75) is 103 Å². The Bertz CT molecular complexity index is 1440. The van der Waals surface area contributed by atoms with Crippen LogP contribution in [-0.2, 0) is 39.9 Å². The number of aliphatic hydroxyl groups is 2. The Labute approximate surface area is 275 Å². The van der Waals surface area contributed by atoms with Crippen molar-refractivity contribution < 1.29 is 48.8 Å². The van der Waals surface area contributed by atoms with Gasteiger partial charge in [0.05, 0.1) is 19.1 Å². The van der Waals surface area contributed by atoms with Gasteiger partial charge in [-0.3, -0.25) is 19.2 Å². The van der Waals surface area contributed by atoms with Crippen LogP contribution >= 0.6 is 0 Å². The van der Waals surface area contributed by atoms with Crippen LogP contribution in [0.3, 0.4) is 0 Å². The summed E-state index contributed by atoms with van der Waals surface area (Å²) in [5.41, 5.74) is -1.17. The fourth-order valence-electron chi connectivity index (χ4n) is 9.27. The van der Waals surface area contributed by atoms with E-state index in [4.69, 9.17) is 9.47 Å². The van der Waals surface area contributed by atoms with Crippen LogP contribution in [-0.4, -0.2) is 75.7 Å². The van der Waals surface area contributed by atoms with Gasteiger partial charge in [0.2, 0.25) is 11.7 Å². The van der Waals surface area contributed by atoms with E-state index >= 15 is 0 Å². The first-order valence-corrected chi connectivity index (χ1v) is 16.8.